The van der Waals surface area contributed by atoms with Crippen molar-refractivity contribution in [3.8, 4) is 11.3 Å². The summed E-state index contributed by atoms with van der Waals surface area (Å²) in [4.78, 5) is 31.8. The Bertz CT molecular complexity index is 1330. The Morgan fingerprint density at radius 1 is 1.28 bits per heavy atom. The minimum absolute atomic E-state index is 0.0289. The van der Waals surface area contributed by atoms with E-state index < -0.39 is 29.3 Å². The average Bonchev–Trinajstić information content (AvgIpc) is 3.48. The van der Waals surface area contributed by atoms with E-state index in [4.69, 9.17) is 4.74 Å². The Balaban J connectivity index is 1.49. The molecule has 0 bridgehead atoms. The summed E-state index contributed by atoms with van der Waals surface area (Å²) in [6.07, 6.45) is -3.48. The maximum absolute atomic E-state index is 13.8. The fourth-order valence-electron chi connectivity index (χ4n) is 4.59. The number of alkyl halides is 3. The molecule has 2 aliphatic rings. The second-order valence-corrected chi connectivity index (χ2v) is 10.9. The van der Waals surface area contributed by atoms with Crippen LogP contribution < -0.4 is 5.32 Å². The predicted octanol–water partition coefficient (Wildman–Crippen LogP) is 3.70. The lowest BCUT2D eigenvalue weighted by Gasteiger charge is -2.24. The Hall–Kier alpha value is -2.83. The van der Waals surface area contributed by atoms with Gasteiger partial charge in [0.05, 0.1) is 47.1 Å². The first kappa shape index (κ1) is 24.8. The molecule has 5 heterocycles. The highest BCUT2D eigenvalue weighted by atomic mass is 32.1. The lowest BCUT2D eigenvalue weighted by atomic mass is 9.82. The van der Waals surface area contributed by atoms with E-state index >= 15 is 0 Å². The highest BCUT2D eigenvalue weighted by Crippen LogP contribution is 2.40. The van der Waals surface area contributed by atoms with Crippen LogP contribution in [0.2, 0.25) is 0 Å². The van der Waals surface area contributed by atoms with Gasteiger partial charge in [0.25, 0.3) is 0 Å². The predicted molar refractivity (Wildman–Crippen MR) is 127 cm³/mol. The van der Waals surface area contributed by atoms with Crippen LogP contribution in [-0.4, -0.2) is 57.3 Å². The number of rotatable bonds is 5. The maximum atomic E-state index is 13.8. The number of nitrogens with zero attached hydrogens (tertiary/aromatic N) is 4. The minimum Gasteiger partial charge on any atom is -0.374 e. The summed E-state index contributed by atoms with van der Waals surface area (Å²) in [6.45, 7) is 6.86. The number of ether oxygens (including phenoxy) is 1. The van der Waals surface area contributed by atoms with E-state index in [0.717, 1.165) is 10.7 Å². The quantitative estimate of drug-likeness (QED) is 0.515. The van der Waals surface area contributed by atoms with Gasteiger partial charge in [-0.15, -0.1) is 11.3 Å². The number of likely N-dealkylation sites (tertiary alicyclic amines) is 1. The number of hydrogen-bond donors (Lipinski definition) is 1. The van der Waals surface area contributed by atoms with Gasteiger partial charge in [-0.25, -0.2) is 0 Å². The third kappa shape index (κ3) is 4.31. The van der Waals surface area contributed by atoms with Gasteiger partial charge in [0.15, 0.2) is 0 Å². The molecular weight excluding hydrogens is 495 g/mol. The van der Waals surface area contributed by atoms with Gasteiger partial charge in [0, 0.05) is 35.6 Å². The number of aromatic nitrogens is 3. The number of pyridine rings is 1. The van der Waals surface area contributed by atoms with Crippen LogP contribution in [-0.2, 0) is 33.6 Å². The molecule has 2 amide bonds. The van der Waals surface area contributed by atoms with Crippen LogP contribution in [0.15, 0.2) is 24.4 Å². The molecule has 0 radical (unpaired) electrons. The lowest BCUT2D eigenvalue weighted by Crippen LogP contribution is -2.41. The smallest absolute Gasteiger partial charge is 0.374 e. The van der Waals surface area contributed by atoms with Gasteiger partial charge in [-0.2, -0.15) is 18.3 Å². The highest BCUT2D eigenvalue weighted by molar-refractivity contribution is 7.19. The van der Waals surface area contributed by atoms with E-state index in [1.54, 1.807) is 32.9 Å². The third-order valence-corrected chi connectivity index (χ3v) is 8.16. The Labute approximate surface area is 209 Å². The van der Waals surface area contributed by atoms with Crippen LogP contribution in [0, 0.1) is 11.3 Å². The topological polar surface area (TPSA) is 89.3 Å². The molecule has 2 aliphatic heterocycles. The van der Waals surface area contributed by atoms with Crippen molar-refractivity contribution in [1.29, 1.82) is 0 Å². The minimum atomic E-state index is -4.58. The monoisotopic (exact) mass is 521 g/mol. The van der Waals surface area contributed by atoms with Crippen LogP contribution in [0.4, 0.5) is 13.2 Å². The van der Waals surface area contributed by atoms with Crippen molar-refractivity contribution < 1.29 is 27.5 Å². The van der Waals surface area contributed by atoms with Crippen molar-refractivity contribution in [3.05, 3.63) is 35.0 Å². The molecule has 3 aromatic heterocycles. The summed E-state index contributed by atoms with van der Waals surface area (Å²) < 4.78 is 48.7. The molecule has 0 aromatic carbocycles. The van der Waals surface area contributed by atoms with Crippen LogP contribution in [0.5, 0.6) is 0 Å². The van der Waals surface area contributed by atoms with Crippen LogP contribution in [0.3, 0.4) is 0 Å². The molecule has 3 aromatic rings. The summed E-state index contributed by atoms with van der Waals surface area (Å²) in [5.41, 5.74) is -0.374. The molecule has 2 saturated heterocycles. The highest BCUT2D eigenvalue weighted by Gasteiger charge is 2.51. The van der Waals surface area contributed by atoms with E-state index in [1.807, 2.05) is 0 Å². The summed E-state index contributed by atoms with van der Waals surface area (Å²) in [5.74, 6) is -0.900. The number of fused-ring (bicyclic) bond motifs is 1. The molecule has 1 N–H and O–H groups in total. The van der Waals surface area contributed by atoms with Crippen LogP contribution >= 0.6 is 11.3 Å². The van der Waals surface area contributed by atoms with Gasteiger partial charge in [-0.1, -0.05) is 20.8 Å². The Kier molecular flexibility index (Phi) is 6.16. The van der Waals surface area contributed by atoms with Crippen molar-refractivity contribution in [1.82, 2.24) is 25.0 Å². The van der Waals surface area contributed by atoms with Gasteiger partial charge < -0.3 is 10.1 Å². The van der Waals surface area contributed by atoms with Gasteiger partial charge in [0.1, 0.15) is 5.69 Å². The number of amides is 2. The summed E-state index contributed by atoms with van der Waals surface area (Å²) in [6, 6.07) is 4.44. The van der Waals surface area contributed by atoms with Crippen molar-refractivity contribution in [3.63, 3.8) is 0 Å². The normalized spacial score (nSPS) is 22.7. The van der Waals surface area contributed by atoms with Crippen LogP contribution in [0.1, 0.15) is 31.3 Å². The Morgan fingerprint density at radius 2 is 2.06 bits per heavy atom. The van der Waals surface area contributed by atoms with E-state index in [-0.39, 0.29) is 30.6 Å². The first-order valence-electron chi connectivity index (χ1n) is 11.7. The van der Waals surface area contributed by atoms with Crippen molar-refractivity contribution in [2.75, 3.05) is 19.7 Å². The summed E-state index contributed by atoms with van der Waals surface area (Å²) >= 11 is 1.30. The first-order valence-corrected chi connectivity index (χ1v) is 12.5. The van der Waals surface area contributed by atoms with Crippen molar-refractivity contribution in [2.24, 2.45) is 11.3 Å². The number of morpholine rings is 1. The van der Waals surface area contributed by atoms with Crippen molar-refractivity contribution in [2.45, 2.75) is 46.1 Å². The van der Waals surface area contributed by atoms with Gasteiger partial charge in [0.2, 0.25) is 11.8 Å². The molecule has 8 nitrogen and oxygen atoms in total. The average molecular weight is 522 g/mol. The number of carbonyl (C=O) groups is 2. The standard InChI is InChI=1S/C24H26F3N5O3S/c1-13-21(33)31(22(34)23(13,2)3)12-15-8-18-20(36-15)16(4-5-29-18)17-9-19(24(25,26)27)32(30-17)11-14-10-28-6-7-35-14/h4-5,8-9,13-14,28H,6-7,10-12H2,1-3H3. The fraction of sp³-hybridized carbons (Fsp3) is 0.500. The van der Waals surface area contributed by atoms with E-state index in [2.05, 4.69) is 15.4 Å². The van der Waals surface area contributed by atoms with Gasteiger partial charge in [-0.3, -0.25) is 24.2 Å². The third-order valence-electron chi connectivity index (χ3n) is 7.02. The molecule has 2 fully saturated rings. The molecule has 2 unspecified atom stereocenters. The zero-order valence-corrected chi connectivity index (χ0v) is 20.9. The van der Waals surface area contributed by atoms with E-state index in [9.17, 15) is 22.8 Å². The number of halogens is 3. The van der Waals surface area contributed by atoms with Crippen LogP contribution in [0.25, 0.3) is 21.5 Å². The maximum Gasteiger partial charge on any atom is 0.433 e. The zero-order valence-electron chi connectivity index (χ0n) is 20.1. The number of nitrogens with one attached hydrogen (secondary N) is 1. The second kappa shape index (κ2) is 8.93. The molecule has 0 saturated carbocycles. The zero-order chi connectivity index (χ0) is 25.8. The molecule has 12 heteroatoms. The molecule has 192 valence electrons. The molecular formula is C24H26F3N5O3S. The van der Waals surface area contributed by atoms with E-state index in [0.29, 0.717) is 40.4 Å². The SMILES string of the molecule is CC1C(=O)N(Cc2cc3nccc(-c4cc(C(F)(F)F)n(CC5CNCCO5)n4)c3s2)C(=O)C1(C)C. The molecule has 36 heavy (non-hydrogen) atoms. The lowest BCUT2D eigenvalue weighted by molar-refractivity contribution is -0.145. The van der Waals surface area contributed by atoms with Gasteiger partial charge in [-0.05, 0) is 18.2 Å². The number of hydrogen-bond acceptors (Lipinski definition) is 7. The number of carbonyl (C=O) groups excluding carboxylic acids is 2. The summed E-state index contributed by atoms with van der Waals surface area (Å²) in [5, 5.41) is 7.42. The fourth-order valence-corrected chi connectivity index (χ4v) is 5.72. The molecule has 0 spiro atoms. The van der Waals surface area contributed by atoms with Crippen molar-refractivity contribution >= 4 is 33.4 Å². The first-order chi connectivity index (χ1) is 17.0. The molecule has 5 rings (SSSR count). The number of thiophene rings is 1. The number of imide groups is 1. The second-order valence-electron chi connectivity index (χ2n) is 9.75. The molecule has 2 atom stereocenters. The van der Waals surface area contributed by atoms with E-state index in [1.165, 1.54) is 22.4 Å². The Morgan fingerprint density at radius 3 is 2.69 bits per heavy atom. The molecule has 0 aliphatic carbocycles. The van der Waals surface area contributed by atoms with Gasteiger partial charge >= 0.3 is 6.18 Å². The largest absolute Gasteiger partial charge is 0.433 e. The summed E-state index contributed by atoms with van der Waals surface area (Å²) in [7, 11) is 0.